The summed E-state index contributed by atoms with van der Waals surface area (Å²) in [6, 6.07) is 14.0. The van der Waals surface area contributed by atoms with Crippen LogP contribution in [0.3, 0.4) is 0 Å². The van der Waals surface area contributed by atoms with Gasteiger partial charge >= 0.3 is 0 Å². The molecule has 0 radical (unpaired) electrons. The van der Waals surface area contributed by atoms with E-state index in [0.29, 0.717) is 13.4 Å². The Balaban J connectivity index is 1.90. The summed E-state index contributed by atoms with van der Waals surface area (Å²) in [5, 5.41) is 0. The molecule has 3 heteroatoms. The highest BCUT2D eigenvalue weighted by molar-refractivity contribution is 5.68. The number of rotatable bonds is 3. The van der Waals surface area contributed by atoms with Crippen LogP contribution in [0.2, 0.25) is 0 Å². The second-order valence-corrected chi connectivity index (χ2v) is 4.03. The first-order valence-corrected chi connectivity index (χ1v) is 5.99. The lowest BCUT2D eigenvalue weighted by Gasteiger charge is -2.06. The third-order valence-corrected chi connectivity index (χ3v) is 2.87. The Bertz CT molecular complexity index is 546. The van der Waals surface area contributed by atoms with Crippen LogP contribution in [0, 0.1) is 0 Å². The lowest BCUT2D eigenvalue weighted by Crippen LogP contribution is -1.92. The maximum absolute atomic E-state index is 5.43. The lowest BCUT2D eigenvalue weighted by molar-refractivity contribution is 0.174. The van der Waals surface area contributed by atoms with Crippen LogP contribution in [0.4, 0.5) is 0 Å². The summed E-state index contributed by atoms with van der Waals surface area (Å²) >= 11 is 0. The summed E-state index contributed by atoms with van der Waals surface area (Å²) < 4.78 is 16.1. The van der Waals surface area contributed by atoms with Crippen molar-refractivity contribution in [1.29, 1.82) is 0 Å². The molecule has 0 aliphatic carbocycles. The molecular weight excluding hydrogens is 228 g/mol. The second-order valence-electron chi connectivity index (χ2n) is 4.03. The molecule has 0 spiro atoms. The van der Waals surface area contributed by atoms with Gasteiger partial charge in [0.15, 0.2) is 11.5 Å². The van der Waals surface area contributed by atoms with Crippen molar-refractivity contribution in [2.24, 2.45) is 0 Å². The smallest absolute Gasteiger partial charge is 0.231 e. The molecule has 0 aromatic heterocycles. The molecule has 92 valence electrons. The van der Waals surface area contributed by atoms with E-state index in [9.17, 15) is 0 Å². The Morgan fingerprint density at radius 2 is 1.67 bits per heavy atom. The first-order chi connectivity index (χ1) is 8.86. The van der Waals surface area contributed by atoms with E-state index in [0.717, 1.165) is 28.4 Å². The molecule has 0 saturated carbocycles. The van der Waals surface area contributed by atoms with Crippen LogP contribution in [-0.2, 0) is 0 Å². The minimum Gasteiger partial charge on any atom is -0.494 e. The van der Waals surface area contributed by atoms with Crippen molar-refractivity contribution in [2.75, 3.05) is 13.4 Å². The van der Waals surface area contributed by atoms with Crippen molar-refractivity contribution in [3.05, 3.63) is 42.5 Å². The SMILES string of the molecule is CCOc1ccc(-c2ccc3c(c2)OCO3)cc1. The normalized spacial score (nSPS) is 12.5. The molecule has 0 atom stereocenters. The van der Waals surface area contributed by atoms with Crippen LogP contribution in [0.25, 0.3) is 11.1 Å². The van der Waals surface area contributed by atoms with Crippen molar-refractivity contribution in [3.8, 4) is 28.4 Å². The molecule has 0 saturated heterocycles. The van der Waals surface area contributed by atoms with Crippen LogP contribution in [0.5, 0.6) is 17.2 Å². The maximum atomic E-state index is 5.43. The summed E-state index contributed by atoms with van der Waals surface area (Å²) in [7, 11) is 0. The third kappa shape index (κ3) is 1.99. The van der Waals surface area contributed by atoms with Crippen LogP contribution < -0.4 is 14.2 Å². The predicted molar refractivity (Wildman–Crippen MR) is 69.2 cm³/mol. The van der Waals surface area contributed by atoms with Gasteiger partial charge in [-0.3, -0.25) is 0 Å². The van der Waals surface area contributed by atoms with Gasteiger partial charge in [0.05, 0.1) is 6.61 Å². The van der Waals surface area contributed by atoms with Gasteiger partial charge in [0.1, 0.15) is 5.75 Å². The molecule has 0 bridgehead atoms. The molecule has 0 unspecified atom stereocenters. The molecule has 0 N–H and O–H groups in total. The molecule has 1 aliphatic rings. The Morgan fingerprint density at radius 1 is 0.944 bits per heavy atom. The summed E-state index contributed by atoms with van der Waals surface area (Å²) in [4.78, 5) is 0. The van der Waals surface area contributed by atoms with E-state index in [1.54, 1.807) is 0 Å². The predicted octanol–water partition coefficient (Wildman–Crippen LogP) is 3.48. The third-order valence-electron chi connectivity index (χ3n) is 2.87. The molecule has 18 heavy (non-hydrogen) atoms. The van der Waals surface area contributed by atoms with Crippen molar-refractivity contribution < 1.29 is 14.2 Å². The average molecular weight is 242 g/mol. The average Bonchev–Trinajstić information content (AvgIpc) is 2.87. The van der Waals surface area contributed by atoms with Gasteiger partial charge in [-0.15, -0.1) is 0 Å². The fraction of sp³-hybridized carbons (Fsp3) is 0.200. The molecule has 1 heterocycles. The topological polar surface area (TPSA) is 27.7 Å². The van der Waals surface area contributed by atoms with Gasteiger partial charge in [0.25, 0.3) is 0 Å². The van der Waals surface area contributed by atoms with E-state index >= 15 is 0 Å². The molecule has 2 aromatic carbocycles. The standard InChI is InChI=1S/C15H14O3/c1-2-16-13-6-3-11(4-7-13)12-5-8-14-15(9-12)18-10-17-14/h3-9H,2,10H2,1H3. The Morgan fingerprint density at radius 3 is 2.44 bits per heavy atom. The summed E-state index contributed by atoms with van der Waals surface area (Å²) in [6.45, 7) is 2.97. The zero-order valence-electron chi connectivity index (χ0n) is 10.2. The fourth-order valence-corrected chi connectivity index (χ4v) is 1.99. The number of hydrogen-bond donors (Lipinski definition) is 0. The van der Waals surface area contributed by atoms with Crippen molar-refractivity contribution in [3.63, 3.8) is 0 Å². The summed E-state index contributed by atoms with van der Waals surface area (Å²) in [5.74, 6) is 2.51. The van der Waals surface area contributed by atoms with Gasteiger partial charge in [-0.05, 0) is 42.3 Å². The monoisotopic (exact) mass is 242 g/mol. The first kappa shape index (κ1) is 11.0. The quantitative estimate of drug-likeness (QED) is 0.824. The summed E-state index contributed by atoms with van der Waals surface area (Å²) in [5.41, 5.74) is 2.25. The second kappa shape index (κ2) is 4.61. The molecule has 3 nitrogen and oxygen atoms in total. The molecule has 1 aliphatic heterocycles. The van der Waals surface area contributed by atoms with Crippen LogP contribution >= 0.6 is 0 Å². The Labute approximate surface area is 106 Å². The van der Waals surface area contributed by atoms with Crippen LogP contribution in [0.1, 0.15) is 6.92 Å². The first-order valence-electron chi connectivity index (χ1n) is 5.99. The van der Waals surface area contributed by atoms with E-state index in [4.69, 9.17) is 14.2 Å². The van der Waals surface area contributed by atoms with E-state index in [1.807, 2.05) is 49.4 Å². The van der Waals surface area contributed by atoms with E-state index in [-0.39, 0.29) is 0 Å². The van der Waals surface area contributed by atoms with Gasteiger partial charge in [-0.25, -0.2) is 0 Å². The number of hydrogen-bond acceptors (Lipinski definition) is 3. The van der Waals surface area contributed by atoms with Gasteiger partial charge in [-0.1, -0.05) is 18.2 Å². The highest BCUT2D eigenvalue weighted by Gasteiger charge is 2.13. The van der Waals surface area contributed by atoms with Crippen molar-refractivity contribution in [1.82, 2.24) is 0 Å². The van der Waals surface area contributed by atoms with E-state index in [1.165, 1.54) is 0 Å². The zero-order chi connectivity index (χ0) is 12.4. The lowest BCUT2D eigenvalue weighted by atomic mass is 10.1. The van der Waals surface area contributed by atoms with Crippen molar-refractivity contribution >= 4 is 0 Å². The van der Waals surface area contributed by atoms with Crippen LogP contribution in [-0.4, -0.2) is 13.4 Å². The Hall–Kier alpha value is -2.16. The molecule has 2 aromatic rings. The zero-order valence-corrected chi connectivity index (χ0v) is 10.2. The maximum Gasteiger partial charge on any atom is 0.231 e. The van der Waals surface area contributed by atoms with Gasteiger partial charge in [0, 0.05) is 0 Å². The fourth-order valence-electron chi connectivity index (χ4n) is 1.99. The number of fused-ring (bicyclic) bond motifs is 1. The molecule has 0 amide bonds. The minimum absolute atomic E-state index is 0.308. The summed E-state index contributed by atoms with van der Waals surface area (Å²) in [6.07, 6.45) is 0. The van der Waals surface area contributed by atoms with Crippen molar-refractivity contribution in [2.45, 2.75) is 6.92 Å². The minimum atomic E-state index is 0.308. The van der Waals surface area contributed by atoms with E-state index in [2.05, 4.69) is 0 Å². The molecule has 0 fully saturated rings. The number of benzene rings is 2. The highest BCUT2D eigenvalue weighted by atomic mass is 16.7. The van der Waals surface area contributed by atoms with E-state index < -0.39 is 0 Å². The largest absolute Gasteiger partial charge is 0.494 e. The van der Waals surface area contributed by atoms with Crippen LogP contribution in [0.15, 0.2) is 42.5 Å². The van der Waals surface area contributed by atoms with Gasteiger partial charge in [0.2, 0.25) is 6.79 Å². The highest BCUT2D eigenvalue weighted by Crippen LogP contribution is 2.36. The Kier molecular flexibility index (Phi) is 2.81. The molecule has 3 rings (SSSR count). The van der Waals surface area contributed by atoms with Gasteiger partial charge in [-0.2, -0.15) is 0 Å². The molecular formula is C15H14O3. The number of ether oxygens (including phenoxy) is 3. The van der Waals surface area contributed by atoms with Gasteiger partial charge < -0.3 is 14.2 Å².